The van der Waals surface area contributed by atoms with Crippen LogP contribution in [-0.4, -0.2) is 0 Å². The molecule has 0 rings (SSSR count). The van der Waals surface area contributed by atoms with Gasteiger partial charge in [-0.25, -0.2) is 0 Å². The van der Waals surface area contributed by atoms with E-state index in [-0.39, 0.29) is 0 Å². The second kappa shape index (κ2) is 4.25. The normalized spacial score (nSPS) is 12.1. The lowest BCUT2D eigenvalue weighted by Gasteiger charge is -1.87. The van der Waals surface area contributed by atoms with Gasteiger partial charge in [0.05, 0.1) is 0 Å². The van der Waals surface area contributed by atoms with Crippen molar-refractivity contribution in [3.8, 4) is 0 Å². The Kier molecular flexibility index (Phi) is 4.31. The van der Waals surface area contributed by atoms with Gasteiger partial charge < -0.3 is 0 Å². The van der Waals surface area contributed by atoms with Crippen LogP contribution in [0.4, 0.5) is 0 Å². The zero-order chi connectivity index (χ0) is 5.70. The first-order chi connectivity index (χ1) is 3.31. The lowest BCUT2D eigenvalue weighted by molar-refractivity contribution is 1.14. The summed E-state index contributed by atoms with van der Waals surface area (Å²) in [4.78, 5) is 1.20. The van der Waals surface area contributed by atoms with Gasteiger partial charge in [-0.05, 0) is 17.7 Å². The molecule has 1 heteroatoms. The van der Waals surface area contributed by atoms with E-state index < -0.39 is 0 Å². The minimum Gasteiger partial charge on any atom is -0.148 e. The Labute approximate surface area is 51.0 Å². The van der Waals surface area contributed by atoms with E-state index >= 15 is 0 Å². The molecule has 0 aromatic carbocycles. The van der Waals surface area contributed by atoms with Gasteiger partial charge in [0.25, 0.3) is 0 Å². The van der Waals surface area contributed by atoms with Crippen LogP contribution in [0.2, 0.25) is 0 Å². The first-order valence-corrected chi connectivity index (χ1v) is 3.14. The Morgan fingerprint density at radius 1 is 1.57 bits per heavy atom. The molecule has 0 aliphatic rings. The highest BCUT2D eigenvalue weighted by Crippen LogP contribution is 2.04. The summed E-state index contributed by atoms with van der Waals surface area (Å²) in [5.74, 6) is 0. The average molecular weight is 116 g/mol. The molecule has 42 valence electrons. The van der Waals surface area contributed by atoms with Crippen LogP contribution in [-0.2, 0) is 0 Å². The van der Waals surface area contributed by atoms with Crippen molar-refractivity contribution in [2.24, 2.45) is 0 Å². The SMILES string of the molecule is CCC=C(S)CC. The highest BCUT2D eigenvalue weighted by molar-refractivity contribution is 7.84. The molecule has 0 heterocycles. The van der Waals surface area contributed by atoms with Gasteiger partial charge in [0.15, 0.2) is 0 Å². The van der Waals surface area contributed by atoms with Crippen LogP contribution >= 0.6 is 12.6 Å². The predicted molar refractivity (Wildman–Crippen MR) is 37.7 cm³/mol. The third kappa shape index (κ3) is 3.93. The Morgan fingerprint density at radius 3 is 2.29 bits per heavy atom. The van der Waals surface area contributed by atoms with Crippen molar-refractivity contribution in [3.05, 3.63) is 11.0 Å². The van der Waals surface area contributed by atoms with Gasteiger partial charge >= 0.3 is 0 Å². The summed E-state index contributed by atoms with van der Waals surface area (Å²) >= 11 is 4.17. The number of thiol groups is 1. The van der Waals surface area contributed by atoms with Gasteiger partial charge in [0, 0.05) is 0 Å². The van der Waals surface area contributed by atoms with Crippen molar-refractivity contribution in [1.82, 2.24) is 0 Å². The Bertz CT molecular complexity index is 64.6. The summed E-state index contributed by atoms with van der Waals surface area (Å²) in [7, 11) is 0. The van der Waals surface area contributed by atoms with Gasteiger partial charge in [0.2, 0.25) is 0 Å². The number of allylic oxidation sites excluding steroid dienone is 2. The van der Waals surface area contributed by atoms with E-state index in [0.29, 0.717) is 0 Å². The van der Waals surface area contributed by atoms with Crippen LogP contribution < -0.4 is 0 Å². The summed E-state index contributed by atoms with van der Waals surface area (Å²) in [6, 6.07) is 0. The van der Waals surface area contributed by atoms with Crippen LogP contribution in [0.25, 0.3) is 0 Å². The molecular formula is C6H12S. The topological polar surface area (TPSA) is 0 Å². The molecular weight excluding hydrogens is 104 g/mol. The fourth-order valence-electron chi connectivity index (χ4n) is 0.380. The van der Waals surface area contributed by atoms with Gasteiger partial charge in [0.1, 0.15) is 0 Å². The second-order valence-electron chi connectivity index (χ2n) is 1.46. The first kappa shape index (κ1) is 7.09. The average Bonchev–Trinajstić information content (AvgIpc) is 1.68. The molecule has 0 nitrogen and oxygen atoms in total. The highest BCUT2D eigenvalue weighted by Gasteiger charge is 1.77. The van der Waals surface area contributed by atoms with Crippen LogP contribution in [0.15, 0.2) is 11.0 Å². The van der Waals surface area contributed by atoms with Crippen LogP contribution in [0, 0.1) is 0 Å². The van der Waals surface area contributed by atoms with E-state index in [0.717, 1.165) is 12.8 Å². The van der Waals surface area contributed by atoms with Crippen molar-refractivity contribution in [1.29, 1.82) is 0 Å². The summed E-state index contributed by atoms with van der Waals surface area (Å²) in [6.45, 7) is 4.22. The van der Waals surface area contributed by atoms with Crippen LogP contribution in [0.5, 0.6) is 0 Å². The lowest BCUT2D eigenvalue weighted by atomic mass is 10.3. The van der Waals surface area contributed by atoms with Crippen LogP contribution in [0.1, 0.15) is 26.7 Å². The summed E-state index contributed by atoms with van der Waals surface area (Å²) in [5.41, 5.74) is 0. The van der Waals surface area contributed by atoms with Gasteiger partial charge in [-0.2, -0.15) is 0 Å². The minimum absolute atomic E-state index is 1.07. The largest absolute Gasteiger partial charge is 0.148 e. The molecule has 0 radical (unpaired) electrons. The zero-order valence-corrected chi connectivity index (χ0v) is 5.83. The van der Waals surface area contributed by atoms with Crippen LogP contribution in [0.3, 0.4) is 0 Å². The summed E-state index contributed by atoms with van der Waals surface area (Å²) in [5, 5.41) is 0. The van der Waals surface area contributed by atoms with Crippen molar-refractivity contribution < 1.29 is 0 Å². The Hall–Kier alpha value is 0.0900. The lowest BCUT2D eigenvalue weighted by Crippen LogP contribution is -1.63. The van der Waals surface area contributed by atoms with E-state index in [9.17, 15) is 0 Å². The first-order valence-electron chi connectivity index (χ1n) is 2.69. The molecule has 0 aliphatic heterocycles. The van der Waals surface area contributed by atoms with E-state index in [1.165, 1.54) is 4.91 Å². The van der Waals surface area contributed by atoms with E-state index in [1.54, 1.807) is 0 Å². The summed E-state index contributed by atoms with van der Waals surface area (Å²) < 4.78 is 0. The van der Waals surface area contributed by atoms with Crippen molar-refractivity contribution >= 4 is 12.6 Å². The molecule has 0 amide bonds. The fraction of sp³-hybridized carbons (Fsp3) is 0.667. The molecule has 0 aliphatic carbocycles. The van der Waals surface area contributed by atoms with E-state index in [2.05, 4.69) is 32.6 Å². The molecule has 0 unspecified atom stereocenters. The standard InChI is InChI=1S/C6H12S/c1-3-5-6(7)4-2/h5,7H,3-4H2,1-2H3. The van der Waals surface area contributed by atoms with Crippen molar-refractivity contribution in [2.75, 3.05) is 0 Å². The highest BCUT2D eigenvalue weighted by atomic mass is 32.1. The monoisotopic (exact) mass is 116 g/mol. The minimum atomic E-state index is 1.07. The third-order valence-electron chi connectivity index (χ3n) is 0.802. The molecule has 0 atom stereocenters. The van der Waals surface area contributed by atoms with Crippen molar-refractivity contribution in [2.45, 2.75) is 26.7 Å². The van der Waals surface area contributed by atoms with Gasteiger partial charge in [-0.15, -0.1) is 12.6 Å². The fourth-order valence-corrected chi connectivity index (χ4v) is 0.563. The van der Waals surface area contributed by atoms with E-state index in [4.69, 9.17) is 0 Å². The van der Waals surface area contributed by atoms with Gasteiger partial charge in [-0.3, -0.25) is 0 Å². The molecule has 7 heavy (non-hydrogen) atoms. The third-order valence-corrected chi connectivity index (χ3v) is 1.30. The maximum atomic E-state index is 4.17. The number of hydrogen-bond donors (Lipinski definition) is 1. The second-order valence-corrected chi connectivity index (χ2v) is 2.03. The van der Waals surface area contributed by atoms with Gasteiger partial charge in [-0.1, -0.05) is 19.9 Å². The van der Waals surface area contributed by atoms with E-state index in [1.807, 2.05) is 0 Å². The predicted octanol–water partition coefficient (Wildman–Crippen LogP) is 2.62. The zero-order valence-electron chi connectivity index (χ0n) is 4.94. The molecule has 0 bridgehead atoms. The number of hydrogen-bond acceptors (Lipinski definition) is 1. The van der Waals surface area contributed by atoms with Crippen molar-refractivity contribution in [3.63, 3.8) is 0 Å². The molecule has 0 spiro atoms. The number of rotatable bonds is 2. The molecule has 0 fully saturated rings. The molecule has 0 saturated heterocycles. The molecule has 0 saturated carbocycles. The maximum Gasteiger partial charge on any atom is -0.0227 e. The quantitative estimate of drug-likeness (QED) is 0.527. The summed E-state index contributed by atoms with van der Waals surface area (Å²) in [6.07, 6.45) is 4.30. The molecule has 0 N–H and O–H groups in total. The smallest absolute Gasteiger partial charge is 0.0227 e. The maximum absolute atomic E-state index is 4.17. The molecule has 0 aromatic heterocycles. The molecule has 0 aromatic rings. The Balaban J connectivity index is 3.29. The Morgan fingerprint density at radius 2 is 2.14 bits per heavy atom.